The van der Waals surface area contributed by atoms with Crippen LogP contribution in [0.3, 0.4) is 0 Å². The van der Waals surface area contributed by atoms with Crippen molar-refractivity contribution in [2.45, 2.75) is 6.92 Å². The molecular formula is C21H14N4S2. The van der Waals surface area contributed by atoms with Crippen molar-refractivity contribution in [3.05, 3.63) is 72.1 Å². The van der Waals surface area contributed by atoms with Gasteiger partial charge >= 0.3 is 0 Å². The van der Waals surface area contributed by atoms with Crippen molar-refractivity contribution in [1.29, 1.82) is 0 Å². The molecule has 0 saturated carbocycles. The van der Waals surface area contributed by atoms with Crippen LogP contribution in [-0.2, 0) is 0 Å². The summed E-state index contributed by atoms with van der Waals surface area (Å²) in [7, 11) is 0. The van der Waals surface area contributed by atoms with E-state index in [0.29, 0.717) is 0 Å². The van der Waals surface area contributed by atoms with Crippen LogP contribution in [-0.4, -0.2) is 19.9 Å². The van der Waals surface area contributed by atoms with E-state index in [1.807, 2.05) is 49.6 Å². The van der Waals surface area contributed by atoms with Crippen molar-refractivity contribution in [3.63, 3.8) is 0 Å². The Labute approximate surface area is 164 Å². The molecule has 0 spiro atoms. The molecule has 0 aliphatic carbocycles. The molecule has 0 atom stereocenters. The van der Waals surface area contributed by atoms with Crippen molar-refractivity contribution in [2.24, 2.45) is 0 Å². The maximum absolute atomic E-state index is 4.98. The minimum Gasteiger partial charge on any atom is -0.264 e. The Balaban J connectivity index is 1.69. The molecule has 0 saturated heterocycles. The van der Waals surface area contributed by atoms with E-state index in [1.54, 1.807) is 28.9 Å². The van der Waals surface area contributed by atoms with E-state index in [0.717, 1.165) is 42.9 Å². The topological polar surface area (TPSA) is 51.6 Å². The maximum atomic E-state index is 4.98. The van der Waals surface area contributed by atoms with Gasteiger partial charge in [-0.3, -0.25) is 9.97 Å². The molecule has 0 aliphatic rings. The zero-order chi connectivity index (χ0) is 18.2. The van der Waals surface area contributed by atoms with E-state index >= 15 is 0 Å². The number of pyridine rings is 3. The molecule has 5 rings (SSSR count). The summed E-state index contributed by atoms with van der Waals surface area (Å²) < 4.78 is 1.16. The van der Waals surface area contributed by atoms with Gasteiger partial charge in [0.25, 0.3) is 0 Å². The fraction of sp³-hybridized carbons (Fsp3) is 0.0476. The predicted octanol–water partition coefficient (Wildman–Crippen LogP) is 5.85. The smallest absolute Gasteiger partial charge is 0.125 e. The Morgan fingerprint density at radius 2 is 1.89 bits per heavy atom. The zero-order valence-electron chi connectivity index (χ0n) is 14.5. The molecule has 5 aromatic rings. The normalized spacial score (nSPS) is 11.1. The van der Waals surface area contributed by atoms with Crippen LogP contribution in [0.25, 0.3) is 42.6 Å². The van der Waals surface area contributed by atoms with Crippen LogP contribution in [0.4, 0.5) is 0 Å². The van der Waals surface area contributed by atoms with Crippen molar-refractivity contribution in [3.8, 4) is 32.5 Å². The Kier molecular flexibility index (Phi) is 3.99. The van der Waals surface area contributed by atoms with Crippen molar-refractivity contribution >= 4 is 32.8 Å². The highest BCUT2D eigenvalue weighted by Gasteiger charge is 2.16. The SMILES string of the molecule is Cc1nc(-c2cccnc2)sc1-c1cc2ccsc2c(-c2ccccn2)n1. The molecule has 5 aromatic heterocycles. The summed E-state index contributed by atoms with van der Waals surface area (Å²) in [5.74, 6) is 0. The molecule has 0 amide bonds. The first-order chi connectivity index (χ1) is 13.3. The van der Waals surface area contributed by atoms with Gasteiger partial charge in [0.1, 0.15) is 10.7 Å². The lowest BCUT2D eigenvalue weighted by atomic mass is 10.1. The Morgan fingerprint density at radius 3 is 2.70 bits per heavy atom. The lowest BCUT2D eigenvalue weighted by molar-refractivity contribution is 1.23. The first kappa shape index (κ1) is 16.2. The number of nitrogens with zero attached hydrogens (tertiary/aromatic N) is 4. The van der Waals surface area contributed by atoms with Crippen LogP contribution in [0.1, 0.15) is 5.69 Å². The summed E-state index contributed by atoms with van der Waals surface area (Å²) in [5, 5.41) is 4.24. The van der Waals surface area contributed by atoms with Crippen LogP contribution >= 0.6 is 22.7 Å². The standard InChI is InChI=1S/C21H14N4S2/c1-13-19(27-21(24-13)15-5-4-8-22-12-15)17-11-14-7-10-26-20(14)18(25-17)16-6-2-3-9-23-16/h2-12H,1H3. The molecular weight excluding hydrogens is 372 g/mol. The van der Waals surface area contributed by atoms with Gasteiger partial charge in [-0.05, 0) is 54.1 Å². The summed E-state index contributed by atoms with van der Waals surface area (Å²) >= 11 is 3.35. The number of rotatable bonds is 3. The highest BCUT2D eigenvalue weighted by atomic mass is 32.1. The molecule has 0 N–H and O–H groups in total. The van der Waals surface area contributed by atoms with Gasteiger partial charge < -0.3 is 0 Å². The Bertz CT molecular complexity index is 1230. The fourth-order valence-corrected chi connectivity index (χ4v) is 4.91. The number of thiophene rings is 1. The molecule has 0 fully saturated rings. The molecule has 4 nitrogen and oxygen atoms in total. The predicted molar refractivity (Wildman–Crippen MR) is 112 cm³/mol. The Hall–Kier alpha value is -2.96. The average molecular weight is 387 g/mol. The van der Waals surface area contributed by atoms with Crippen LogP contribution in [0.2, 0.25) is 0 Å². The molecule has 0 unspecified atom stereocenters. The second kappa shape index (κ2) is 6.64. The largest absolute Gasteiger partial charge is 0.264 e. The summed E-state index contributed by atoms with van der Waals surface area (Å²) in [4.78, 5) is 19.5. The molecule has 6 heteroatoms. The molecule has 130 valence electrons. The molecule has 27 heavy (non-hydrogen) atoms. The van der Waals surface area contributed by atoms with Crippen LogP contribution in [0, 0.1) is 6.92 Å². The zero-order valence-corrected chi connectivity index (χ0v) is 16.1. The van der Waals surface area contributed by atoms with E-state index in [9.17, 15) is 0 Å². The van der Waals surface area contributed by atoms with Crippen LogP contribution in [0.5, 0.6) is 0 Å². The molecule has 0 bridgehead atoms. The highest BCUT2D eigenvalue weighted by molar-refractivity contribution is 7.18. The van der Waals surface area contributed by atoms with E-state index in [2.05, 4.69) is 27.5 Å². The molecule has 5 heterocycles. The molecule has 0 radical (unpaired) electrons. The summed E-state index contributed by atoms with van der Waals surface area (Å²) in [6.07, 6.45) is 5.43. The molecule has 0 aliphatic heterocycles. The van der Waals surface area contributed by atoms with E-state index in [-0.39, 0.29) is 0 Å². The van der Waals surface area contributed by atoms with Gasteiger partial charge in [0.2, 0.25) is 0 Å². The molecule has 0 aromatic carbocycles. The van der Waals surface area contributed by atoms with Gasteiger partial charge in [-0.25, -0.2) is 9.97 Å². The lowest BCUT2D eigenvalue weighted by Crippen LogP contribution is -1.90. The second-order valence-electron chi connectivity index (χ2n) is 6.09. The number of hydrogen-bond acceptors (Lipinski definition) is 6. The van der Waals surface area contributed by atoms with E-state index < -0.39 is 0 Å². The van der Waals surface area contributed by atoms with Gasteiger partial charge in [-0.15, -0.1) is 22.7 Å². The highest BCUT2D eigenvalue weighted by Crippen LogP contribution is 2.38. The lowest BCUT2D eigenvalue weighted by Gasteiger charge is -2.06. The number of hydrogen-bond donors (Lipinski definition) is 0. The second-order valence-corrected chi connectivity index (χ2v) is 8.00. The third kappa shape index (κ3) is 2.93. The van der Waals surface area contributed by atoms with E-state index in [1.165, 1.54) is 5.39 Å². The maximum Gasteiger partial charge on any atom is 0.125 e. The van der Waals surface area contributed by atoms with Crippen LogP contribution < -0.4 is 0 Å². The van der Waals surface area contributed by atoms with Gasteiger partial charge in [0, 0.05) is 24.2 Å². The van der Waals surface area contributed by atoms with Crippen molar-refractivity contribution in [2.75, 3.05) is 0 Å². The number of aromatic nitrogens is 4. The van der Waals surface area contributed by atoms with Crippen molar-refractivity contribution < 1.29 is 0 Å². The third-order valence-electron chi connectivity index (χ3n) is 4.28. The van der Waals surface area contributed by atoms with Gasteiger partial charge in [-0.2, -0.15) is 0 Å². The number of aryl methyl sites for hydroxylation is 1. The van der Waals surface area contributed by atoms with Crippen LogP contribution in [0.15, 0.2) is 66.4 Å². The Morgan fingerprint density at radius 1 is 0.926 bits per heavy atom. The average Bonchev–Trinajstić information content (AvgIpc) is 3.35. The first-order valence-electron chi connectivity index (χ1n) is 8.47. The van der Waals surface area contributed by atoms with Gasteiger partial charge in [0.15, 0.2) is 0 Å². The monoisotopic (exact) mass is 386 g/mol. The minimum atomic E-state index is 0.890. The first-order valence-corrected chi connectivity index (χ1v) is 10.2. The van der Waals surface area contributed by atoms with Gasteiger partial charge in [-0.1, -0.05) is 6.07 Å². The minimum absolute atomic E-state index is 0.890. The summed E-state index contributed by atoms with van der Waals surface area (Å²) in [6, 6.07) is 14.2. The quantitative estimate of drug-likeness (QED) is 0.390. The third-order valence-corrected chi connectivity index (χ3v) is 6.45. The fourth-order valence-electron chi connectivity index (χ4n) is 3.02. The summed E-state index contributed by atoms with van der Waals surface area (Å²) in [5.41, 5.74) is 4.76. The van der Waals surface area contributed by atoms with Crippen molar-refractivity contribution in [1.82, 2.24) is 19.9 Å². The van der Waals surface area contributed by atoms with Gasteiger partial charge in [0.05, 0.1) is 26.7 Å². The number of thiazole rings is 1. The number of fused-ring (bicyclic) bond motifs is 1. The summed E-state index contributed by atoms with van der Waals surface area (Å²) in [6.45, 7) is 2.03. The van der Waals surface area contributed by atoms with E-state index in [4.69, 9.17) is 9.97 Å².